The van der Waals surface area contributed by atoms with Gasteiger partial charge in [-0.1, -0.05) is 31.9 Å². The van der Waals surface area contributed by atoms with Crippen LogP contribution in [0.15, 0.2) is 12.2 Å². The number of hydrogen-bond donors (Lipinski definition) is 1. The first-order valence-electron chi connectivity index (χ1n) is 5.92. The second kappa shape index (κ2) is 9.13. The van der Waals surface area contributed by atoms with Crippen LogP contribution in [0.3, 0.4) is 0 Å². The predicted octanol–water partition coefficient (Wildman–Crippen LogP) is 2.46. The van der Waals surface area contributed by atoms with Gasteiger partial charge in [0.15, 0.2) is 0 Å². The van der Waals surface area contributed by atoms with E-state index in [4.69, 9.17) is 0 Å². The summed E-state index contributed by atoms with van der Waals surface area (Å²) in [5.74, 6) is 0.215. The van der Waals surface area contributed by atoms with Gasteiger partial charge in [-0.25, -0.2) is 0 Å². The molecule has 1 amide bonds. The highest BCUT2D eigenvalue weighted by Gasteiger charge is 2.01. The first-order chi connectivity index (χ1) is 7.56. The van der Waals surface area contributed by atoms with E-state index in [-0.39, 0.29) is 11.8 Å². The fraction of sp³-hybridized carbons (Fsp3) is 0.692. The predicted molar refractivity (Wildman–Crippen MR) is 66.1 cm³/mol. The van der Waals surface area contributed by atoms with E-state index in [2.05, 4.69) is 11.9 Å². The van der Waals surface area contributed by atoms with E-state index < -0.39 is 0 Å². The number of rotatable bonds is 9. The van der Waals surface area contributed by atoms with Gasteiger partial charge in [-0.15, -0.1) is 0 Å². The topological polar surface area (TPSA) is 46.2 Å². The van der Waals surface area contributed by atoms with Crippen molar-refractivity contribution < 1.29 is 9.59 Å². The lowest BCUT2D eigenvalue weighted by Gasteiger charge is -2.05. The molecule has 0 aromatic carbocycles. The van der Waals surface area contributed by atoms with Gasteiger partial charge >= 0.3 is 0 Å². The summed E-state index contributed by atoms with van der Waals surface area (Å²) < 4.78 is 0. The van der Waals surface area contributed by atoms with Crippen LogP contribution >= 0.6 is 0 Å². The molecule has 1 atom stereocenters. The lowest BCUT2D eigenvalue weighted by Crippen LogP contribution is -2.24. The molecule has 0 bridgehead atoms. The molecule has 0 fully saturated rings. The van der Waals surface area contributed by atoms with Gasteiger partial charge < -0.3 is 10.1 Å². The van der Waals surface area contributed by atoms with Crippen molar-refractivity contribution in [3.05, 3.63) is 12.2 Å². The molecule has 1 unspecified atom stereocenters. The van der Waals surface area contributed by atoms with Gasteiger partial charge in [-0.3, -0.25) is 4.79 Å². The van der Waals surface area contributed by atoms with Crippen LogP contribution in [0.2, 0.25) is 0 Å². The molecule has 0 saturated heterocycles. The van der Waals surface area contributed by atoms with E-state index in [1.165, 1.54) is 0 Å². The number of aldehydes is 1. The molecule has 0 spiro atoms. The quantitative estimate of drug-likeness (QED) is 0.372. The van der Waals surface area contributed by atoms with Gasteiger partial charge in [-0.05, 0) is 19.8 Å². The first-order valence-corrected chi connectivity index (χ1v) is 5.92. The van der Waals surface area contributed by atoms with Gasteiger partial charge in [0.25, 0.3) is 0 Å². The first kappa shape index (κ1) is 14.9. The smallest absolute Gasteiger partial charge is 0.224 e. The van der Waals surface area contributed by atoms with Crippen LogP contribution in [-0.4, -0.2) is 18.7 Å². The van der Waals surface area contributed by atoms with Crippen molar-refractivity contribution in [2.24, 2.45) is 5.92 Å². The maximum absolute atomic E-state index is 11.2. The fourth-order valence-corrected chi connectivity index (χ4v) is 1.40. The standard InChI is InChI=1S/C13H23NO2/c1-11(2)9-13(16)14-8-6-4-5-7-12(3)10-15/h10,12H,1,4-9H2,2-3H3,(H,14,16). The minimum absolute atomic E-state index is 0.0498. The number of carbonyl (C=O) groups excluding carboxylic acids is 2. The normalized spacial score (nSPS) is 11.9. The van der Waals surface area contributed by atoms with Crippen LogP contribution in [0.1, 0.15) is 46.0 Å². The number of amides is 1. The summed E-state index contributed by atoms with van der Waals surface area (Å²) >= 11 is 0. The summed E-state index contributed by atoms with van der Waals surface area (Å²) in [7, 11) is 0. The van der Waals surface area contributed by atoms with E-state index in [0.29, 0.717) is 6.42 Å². The molecule has 0 aromatic heterocycles. The minimum atomic E-state index is 0.0498. The molecule has 0 radical (unpaired) electrons. The molecule has 0 aliphatic carbocycles. The molecule has 0 aliphatic heterocycles. The van der Waals surface area contributed by atoms with Crippen LogP contribution in [0, 0.1) is 5.92 Å². The Bertz CT molecular complexity index is 236. The molecule has 3 nitrogen and oxygen atoms in total. The van der Waals surface area contributed by atoms with Crippen molar-refractivity contribution in [1.82, 2.24) is 5.32 Å². The van der Waals surface area contributed by atoms with E-state index in [9.17, 15) is 9.59 Å². The monoisotopic (exact) mass is 225 g/mol. The molecule has 1 N–H and O–H groups in total. The molecule has 16 heavy (non-hydrogen) atoms. The van der Waals surface area contributed by atoms with Gasteiger partial charge in [0, 0.05) is 18.9 Å². The van der Waals surface area contributed by atoms with Crippen molar-refractivity contribution in [3.8, 4) is 0 Å². The van der Waals surface area contributed by atoms with Gasteiger partial charge in [0.2, 0.25) is 5.91 Å². The van der Waals surface area contributed by atoms with Crippen molar-refractivity contribution in [1.29, 1.82) is 0 Å². The Labute approximate surface area is 98.3 Å². The van der Waals surface area contributed by atoms with Gasteiger partial charge in [0.05, 0.1) is 0 Å². The van der Waals surface area contributed by atoms with Gasteiger partial charge in [-0.2, -0.15) is 0 Å². The zero-order chi connectivity index (χ0) is 12.4. The van der Waals surface area contributed by atoms with E-state index in [0.717, 1.165) is 44.1 Å². The Morgan fingerprint density at radius 1 is 1.38 bits per heavy atom. The van der Waals surface area contributed by atoms with Crippen LogP contribution < -0.4 is 5.32 Å². The SMILES string of the molecule is C=C(C)CC(=O)NCCCCCC(C)C=O. The molecule has 0 aliphatic rings. The molecule has 92 valence electrons. The second-order valence-corrected chi connectivity index (χ2v) is 4.45. The average Bonchev–Trinajstić information content (AvgIpc) is 2.21. The van der Waals surface area contributed by atoms with Crippen molar-refractivity contribution >= 4 is 12.2 Å². The highest BCUT2D eigenvalue weighted by molar-refractivity contribution is 5.78. The molecular formula is C13H23NO2. The van der Waals surface area contributed by atoms with Crippen LogP contribution in [0.5, 0.6) is 0 Å². The highest BCUT2D eigenvalue weighted by atomic mass is 16.1. The van der Waals surface area contributed by atoms with E-state index >= 15 is 0 Å². The Morgan fingerprint density at radius 3 is 2.62 bits per heavy atom. The van der Waals surface area contributed by atoms with Crippen molar-refractivity contribution in [2.75, 3.05) is 6.54 Å². The Kier molecular flexibility index (Phi) is 8.49. The van der Waals surface area contributed by atoms with Crippen LogP contribution in [-0.2, 0) is 9.59 Å². The lowest BCUT2D eigenvalue weighted by molar-refractivity contribution is -0.120. The Balaban J connectivity index is 3.30. The van der Waals surface area contributed by atoms with Crippen molar-refractivity contribution in [2.45, 2.75) is 46.0 Å². The highest BCUT2D eigenvalue weighted by Crippen LogP contribution is 2.06. The summed E-state index contributed by atoms with van der Waals surface area (Å²) in [6.45, 7) is 8.19. The average molecular weight is 225 g/mol. The summed E-state index contributed by atoms with van der Waals surface area (Å²) in [4.78, 5) is 21.6. The summed E-state index contributed by atoms with van der Waals surface area (Å²) in [5.41, 5.74) is 0.886. The van der Waals surface area contributed by atoms with Crippen LogP contribution in [0.25, 0.3) is 0 Å². The maximum atomic E-state index is 11.2. The molecular weight excluding hydrogens is 202 g/mol. The molecule has 0 heterocycles. The van der Waals surface area contributed by atoms with Crippen molar-refractivity contribution in [3.63, 3.8) is 0 Å². The molecule has 0 aromatic rings. The summed E-state index contributed by atoms with van der Waals surface area (Å²) in [5, 5.41) is 2.85. The fourth-order valence-electron chi connectivity index (χ4n) is 1.40. The summed E-state index contributed by atoms with van der Waals surface area (Å²) in [6.07, 6.45) is 5.45. The largest absolute Gasteiger partial charge is 0.356 e. The van der Waals surface area contributed by atoms with E-state index in [1.54, 1.807) is 0 Å². The minimum Gasteiger partial charge on any atom is -0.356 e. The molecule has 0 saturated carbocycles. The Morgan fingerprint density at radius 2 is 2.06 bits per heavy atom. The number of unbranched alkanes of at least 4 members (excludes halogenated alkanes) is 2. The third-order valence-electron chi connectivity index (χ3n) is 2.35. The summed E-state index contributed by atoms with van der Waals surface area (Å²) in [6, 6.07) is 0. The Hall–Kier alpha value is -1.12. The number of hydrogen-bond acceptors (Lipinski definition) is 2. The zero-order valence-corrected chi connectivity index (χ0v) is 10.4. The molecule has 0 rings (SSSR count). The number of carbonyl (C=O) groups is 2. The third kappa shape index (κ3) is 9.44. The number of nitrogens with one attached hydrogen (secondary N) is 1. The maximum Gasteiger partial charge on any atom is 0.224 e. The third-order valence-corrected chi connectivity index (χ3v) is 2.35. The van der Waals surface area contributed by atoms with Crippen LogP contribution in [0.4, 0.5) is 0 Å². The lowest BCUT2D eigenvalue weighted by atomic mass is 10.0. The van der Waals surface area contributed by atoms with E-state index in [1.807, 2.05) is 13.8 Å². The molecule has 3 heteroatoms. The zero-order valence-electron chi connectivity index (χ0n) is 10.4. The van der Waals surface area contributed by atoms with Gasteiger partial charge in [0.1, 0.15) is 6.29 Å². The second-order valence-electron chi connectivity index (χ2n) is 4.45.